The van der Waals surface area contributed by atoms with Crippen molar-refractivity contribution in [3.05, 3.63) is 96.9 Å². The van der Waals surface area contributed by atoms with Crippen LogP contribution in [0.5, 0.6) is 23.0 Å². The van der Waals surface area contributed by atoms with E-state index in [0.717, 1.165) is 45.6 Å². The maximum atomic E-state index is 10.0. The number of para-hydroxylation sites is 4. The average molecular weight is 642 g/mol. The molecule has 2 aliphatic rings. The van der Waals surface area contributed by atoms with Crippen LogP contribution in [-0.2, 0) is 24.9 Å². The Morgan fingerprint density at radius 2 is 1.54 bits per heavy atom. The van der Waals surface area contributed by atoms with Crippen molar-refractivity contribution in [1.82, 2.24) is 4.98 Å². The van der Waals surface area contributed by atoms with Crippen molar-refractivity contribution >= 4 is 22.8 Å². The van der Waals surface area contributed by atoms with Crippen LogP contribution < -0.4 is 14.4 Å². The van der Waals surface area contributed by atoms with Crippen LogP contribution in [0.1, 0.15) is 13.8 Å². The standard InChI is InChI=1S/C23H13N2O2.C5H8O2.Ir/c1-3-10-19-17(8-1)25-18-9-2-4-11-20(18)27-22-14-15(13-21(26-19)23(22)25)16-7-5-6-12-24-16;1-4(6)3-5(2)7;/h1-13H;3,6H,1-2H3;/q-1;;/b;4-3-;. The first-order valence-corrected chi connectivity index (χ1v) is 10.7. The first-order chi connectivity index (χ1) is 16.5. The minimum Gasteiger partial charge on any atom is -0.512 e. The fourth-order valence-corrected chi connectivity index (χ4v) is 3.90. The van der Waals surface area contributed by atoms with Gasteiger partial charge < -0.3 is 24.5 Å². The van der Waals surface area contributed by atoms with Crippen LogP contribution in [-0.4, -0.2) is 15.9 Å². The molecule has 3 heterocycles. The molecule has 0 saturated carbocycles. The van der Waals surface area contributed by atoms with Crippen LogP contribution in [0.2, 0.25) is 0 Å². The molecule has 1 aromatic heterocycles. The van der Waals surface area contributed by atoms with E-state index in [-0.39, 0.29) is 31.6 Å². The number of rotatable bonds is 2. The molecular weight excluding hydrogens is 621 g/mol. The minimum absolute atomic E-state index is 0. The molecule has 7 heteroatoms. The minimum atomic E-state index is -0.125. The van der Waals surface area contributed by atoms with Crippen molar-refractivity contribution in [1.29, 1.82) is 0 Å². The monoisotopic (exact) mass is 642 g/mol. The van der Waals surface area contributed by atoms with Crippen LogP contribution in [0.25, 0.3) is 11.3 Å². The fourth-order valence-electron chi connectivity index (χ4n) is 3.90. The SMILES string of the molecule is CC(=O)/C=C(/C)O.[Ir].[c-]1c(-c2ccccn2)cc2c3c1Oc1ccccc1N3c1ccccc1O2. The van der Waals surface area contributed by atoms with Gasteiger partial charge in [0.1, 0.15) is 11.5 Å². The summed E-state index contributed by atoms with van der Waals surface area (Å²) in [7, 11) is 0. The number of pyridine rings is 1. The Morgan fingerprint density at radius 1 is 0.914 bits per heavy atom. The summed E-state index contributed by atoms with van der Waals surface area (Å²) in [5.41, 5.74) is 4.50. The van der Waals surface area contributed by atoms with Crippen LogP contribution in [0.3, 0.4) is 0 Å². The molecule has 3 aromatic carbocycles. The summed E-state index contributed by atoms with van der Waals surface area (Å²) >= 11 is 0. The summed E-state index contributed by atoms with van der Waals surface area (Å²) in [6.07, 6.45) is 2.94. The summed E-state index contributed by atoms with van der Waals surface area (Å²) in [5.74, 6) is 2.92. The summed E-state index contributed by atoms with van der Waals surface area (Å²) in [5, 5.41) is 8.36. The Balaban J connectivity index is 0.000000320. The van der Waals surface area contributed by atoms with Gasteiger partial charge in [-0.1, -0.05) is 48.5 Å². The second kappa shape index (κ2) is 10.1. The number of nitrogens with zero attached hydrogens (tertiary/aromatic N) is 2. The molecule has 0 spiro atoms. The van der Waals surface area contributed by atoms with Crippen LogP contribution in [0.15, 0.2) is 90.8 Å². The van der Waals surface area contributed by atoms with Crippen LogP contribution in [0, 0.1) is 6.07 Å². The maximum Gasteiger partial charge on any atom is 0.155 e. The van der Waals surface area contributed by atoms with Gasteiger partial charge in [-0.2, -0.15) is 0 Å². The van der Waals surface area contributed by atoms with E-state index >= 15 is 0 Å². The molecule has 0 fully saturated rings. The molecule has 2 aliphatic heterocycles. The number of aromatic nitrogens is 1. The van der Waals surface area contributed by atoms with Gasteiger partial charge in [-0.25, -0.2) is 0 Å². The number of fused-ring (bicyclic) bond motifs is 4. The molecular formula is C28H21IrN2O4-. The van der Waals surface area contributed by atoms with Crippen molar-refractivity contribution in [3.63, 3.8) is 0 Å². The predicted octanol–water partition coefficient (Wildman–Crippen LogP) is 7.26. The number of benzene rings is 3. The molecule has 6 rings (SSSR count). The van der Waals surface area contributed by atoms with E-state index in [1.54, 1.807) is 6.20 Å². The Morgan fingerprint density at radius 3 is 2.11 bits per heavy atom. The third-order valence-electron chi connectivity index (χ3n) is 5.19. The van der Waals surface area contributed by atoms with Gasteiger partial charge in [0, 0.05) is 38.1 Å². The van der Waals surface area contributed by atoms with E-state index in [4.69, 9.17) is 14.6 Å². The molecule has 0 bridgehead atoms. The molecule has 4 aromatic rings. The van der Waals surface area contributed by atoms with Crippen molar-refractivity contribution in [2.75, 3.05) is 4.90 Å². The zero-order valence-corrected chi connectivity index (χ0v) is 21.4. The first kappa shape index (κ1) is 24.2. The first-order valence-electron chi connectivity index (χ1n) is 10.7. The predicted molar refractivity (Wildman–Crippen MR) is 130 cm³/mol. The van der Waals surface area contributed by atoms with E-state index in [2.05, 4.69) is 28.1 Å². The molecule has 0 saturated heterocycles. The number of aliphatic hydroxyl groups excluding tert-OH is 1. The Bertz CT molecular complexity index is 1350. The Labute approximate surface area is 216 Å². The van der Waals surface area contributed by atoms with Crippen molar-refractivity contribution in [2.24, 2.45) is 0 Å². The van der Waals surface area contributed by atoms with Gasteiger partial charge in [-0.05, 0) is 49.9 Å². The molecule has 0 unspecified atom stereocenters. The van der Waals surface area contributed by atoms with Gasteiger partial charge in [-0.3, -0.25) is 4.79 Å². The van der Waals surface area contributed by atoms with E-state index in [1.807, 2.05) is 60.7 Å². The molecule has 0 aliphatic carbocycles. The van der Waals surface area contributed by atoms with Gasteiger partial charge in [0.05, 0.1) is 28.6 Å². The van der Waals surface area contributed by atoms with Gasteiger partial charge in [0.15, 0.2) is 5.78 Å². The number of ether oxygens (including phenoxy) is 2. The summed E-state index contributed by atoms with van der Waals surface area (Å²) in [6, 6.07) is 27.2. The molecule has 35 heavy (non-hydrogen) atoms. The van der Waals surface area contributed by atoms with Gasteiger partial charge >= 0.3 is 0 Å². The van der Waals surface area contributed by atoms with Crippen molar-refractivity contribution < 1.29 is 39.5 Å². The van der Waals surface area contributed by atoms with Gasteiger partial charge in [-0.15, -0.1) is 5.56 Å². The number of carbonyl (C=O) groups excluding carboxylic acids is 1. The third-order valence-corrected chi connectivity index (χ3v) is 5.19. The van der Waals surface area contributed by atoms with Crippen molar-refractivity contribution in [3.8, 4) is 34.3 Å². The molecule has 0 atom stereocenters. The summed E-state index contributed by atoms with van der Waals surface area (Å²) < 4.78 is 12.4. The number of anilines is 3. The summed E-state index contributed by atoms with van der Waals surface area (Å²) in [4.78, 5) is 16.6. The number of hydrogen-bond acceptors (Lipinski definition) is 6. The number of ketones is 1. The smallest absolute Gasteiger partial charge is 0.155 e. The van der Waals surface area contributed by atoms with Crippen LogP contribution >= 0.6 is 0 Å². The topological polar surface area (TPSA) is 71.9 Å². The molecule has 1 N–H and O–H groups in total. The Kier molecular flexibility index (Phi) is 7.01. The normalized spacial score (nSPS) is 12.3. The number of carbonyl (C=O) groups is 1. The van der Waals surface area contributed by atoms with Gasteiger partial charge in [0.25, 0.3) is 0 Å². The number of hydrogen-bond donors (Lipinski definition) is 1. The van der Waals surface area contributed by atoms with Gasteiger partial charge in [0.2, 0.25) is 0 Å². The molecule has 0 amide bonds. The molecule has 1 radical (unpaired) electrons. The van der Waals surface area contributed by atoms with E-state index in [9.17, 15) is 4.79 Å². The third kappa shape index (κ3) is 4.83. The fraction of sp³-hybridized carbons (Fsp3) is 0.0714. The summed E-state index contributed by atoms with van der Waals surface area (Å²) in [6.45, 7) is 2.85. The zero-order chi connectivity index (χ0) is 23.7. The average Bonchev–Trinajstić information content (AvgIpc) is 2.83. The molecule has 6 nitrogen and oxygen atoms in total. The second-order valence-electron chi connectivity index (χ2n) is 7.81. The Hall–Kier alpha value is -3.93. The van der Waals surface area contributed by atoms with Crippen LogP contribution in [0.4, 0.5) is 17.1 Å². The van der Waals surface area contributed by atoms with Crippen molar-refractivity contribution in [2.45, 2.75) is 13.8 Å². The van der Waals surface area contributed by atoms with E-state index in [1.165, 1.54) is 19.9 Å². The van der Waals surface area contributed by atoms with E-state index < -0.39 is 0 Å². The second-order valence-corrected chi connectivity index (χ2v) is 7.81. The number of aliphatic hydroxyl groups is 1. The zero-order valence-electron chi connectivity index (χ0n) is 19.0. The quantitative estimate of drug-likeness (QED) is 0.122. The van der Waals surface area contributed by atoms with E-state index in [0.29, 0.717) is 5.75 Å². The number of allylic oxidation sites excluding steroid dienone is 2. The maximum absolute atomic E-state index is 10.0. The molecule has 177 valence electrons. The largest absolute Gasteiger partial charge is 0.512 e.